The number of aliphatic imine (C=N–C) groups is 1. The lowest BCUT2D eigenvalue weighted by molar-refractivity contribution is -0.136. The van der Waals surface area contributed by atoms with E-state index in [4.69, 9.17) is 21.3 Å². The molecule has 2 atom stereocenters. The number of carboxylic acids is 1. The summed E-state index contributed by atoms with van der Waals surface area (Å²) >= 11 is 6.22. The van der Waals surface area contributed by atoms with Crippen LogP contribution >= 0.6 is 11.6 Å². The number of hydrogen-bond acceptors (Lipinski definition) is 6. The summed E-state index contributed by atoms with van der Waals surface area (Å²) in [5.74, 6) is -1.53. The average molecular weight is 606 g/mol. The Hall–Kier alpha value is -4.64. The standard InChI is InChI=1S/C31H32ClN5O6/c1-31(2,3)43-24-14-19(23(38)15-26(40)41)6-9-22(24)29-35-27(20-10-11-33-16-20)28(18-4-7-21(32)8-5-18)37(29)30(42)36-13-12-34-25(39)17-36/h4-11,14,16,27-28,33H,12-13,15,17H2,1-3H3,(H,34,39)(H,40,41). The Balaban J connectivity index is 1.69. The normalized spacial score (nSPS) is 18.7. The summed E-state index contributed by atoms with van der Waals surface area (Å²) in [5.41, 5.74) is 1.49. The van der Waals surface area contributed by atoms with Crippen molar-refractivity contribution in [1.29, 1.82) is 0 Å². The number of urea groups is 1. The molecule has 11 nitrogen and oxygen atoms in total. The molecule has 5 rings (SSSR count). The second-order valence-corrected chi connectivity index (χ2v) is 11.8. The minimum Gasteiger partial charge on any atom is -0.487 e. The van der Waals surface area contributed by atoms with E-state index in [1.807, 2.05) is 45.2 Å². The van der Waals surface area contributed by atoms with Gasteiger partial charge in [0.2, 0.25) is 5.91 Å². The van der Waals surface area contributed by atoms with Gasteiger partial charge in [-0.3, -0.25) is 24.3 Å². The molecule has 224 valence electrons. The number of rotatable bonds is 7. The Labute approximate surface area is 253 Å². The number of amides is 3. The van der Waals surface area contributed by atoms with Crippen molar-refractivity contribution in [2.24, 2.45) is 4.99 Å². The minimum absolute atomic E-state index is 0.112. The van der Waals surface area contributed by atoms with E-state index in [1.54, 1.807) is 29.3 Å². The number of amidine groups is 1. The van der Waals surface area contributed by atoms with Crippen LogP contribution in [0.5, 0.6) is 5.75 Å². The SMILES string of the molecule is CC(C)(C)Oc1cc(C(=O)CC(=O)O)ccc1C1=NC(c2cc[nH]c2)C(c2ccc(Cl)cc2)N1C(=O)N1CCNC(=O)C1. The topological polar surface area (TPSA) is 144 Å². The molecule has 2 aromatic carbocycles. The van der Waals surface area contributed by atoms with Crippen LogP contribution in [0, 0.1) is 0 Å². The Morgan fingerprint density at radius 3 is 2.47 bits per heavy atom. The van der Waals surface area contributed by atoms with Gasteiger partial charge in [-0.15, -0.1) is 0 Å². The number of carboxylic acid groups (broad SMARTS) is 1. The van der Waals surface area contributed by atoms with Crippen molar-refractivity contribution in [2.75, 3.05) is 19.6 Å². The van der Waals surface area contributed by atoms with Crippen molar-refractivity contribution < 1.29 is 29.0 Å². The zero-order valence-electron chi connectivity index (χ0n) is 24.0. The highest BCUT2D eigenvalue weighted by molar-refractivity contribution is 6.30. The third kappa shape index (κ3) is 6.56. The van der Waals surface area contributed by atoms with E-state index < -0.39 is 41.9 Å². The van der Waals surface area contributed by atoms with Gasteiger partial charge in [0, 0.05) is 36.1 Å². The molecule has 0 bridgehead atoms. The van der Waals surface area contributed by atoms with Crippen LogP contribution in [0.2, 0.25) is 5.02 Å². The van der Waals surface area contributed by atoms with E-state index in [9.17, 15) is 24.3 Å². The molecule has 3 N–H and O–H groups in total. The van der Waals surface area contributed by atoms with Crippen LogP contribution in [0.25, 0.3) is 0 Å². The highest BCUT2D eigenvalue weighted by Gasteiger charge is 2.45. The van der Waals surface area contributed by atoms with E-state index in [0.29, 0.717) is 29.5 Å². The number of aromatic nitrogens is 1. The van der Waals surface area contributed by atoms with Gasteiger partial charge < -0.3 is 25.0 Å². The van der Waals surface area contributed by atoms with Crippen LogP contribution in [0.15, 0.2) is 65.9 Å². The van der Waals surface area contributed by atoms with Crippen molar-refractivity contribution in [1.82, 2.24) is 20.1 Å². The predicted molar refractivity (Wildman–Crippen MR) is 159 cm³/mol. The highest BCUT2D eigenvalue weighted by Crippen LogP contribution is 2.45. The summed E-state index contributed by atoms with van der Waals surface area (Å²) in [5, 5.41) is 12.5. The molecule has 43 heavy (non-hydrogen) atoms. The molecule has 0 aliphatic carbocycles. The average Bonchev–Trinajstić information content (AvgIpc) is 3.60. The van der Waals surface area contributed by atoms with Crippen LogP contribution in [0.3, 0.4) is 0 Å². The zero-order chi connectivity index (χ0) is 30.9. The fraction of sp³-hybridized carbons (Fsp3) is 0.323. The van der Waals surface area contributed by atoms with Crippen LogP contribution < -0.4 is 10.1 Å². The van der Waals surface area contributed by atoms with Crippen molar-refractivity contribution in [3.05, 3.63) is 88.2 Å². The number of nitrogens with one attached hydrogen (secondary N) is 2. The molecule has 2 aliphatic rings. The lowest BCUT2D eigenvalue weighted by atomic mass is 9.95. The van der Waals surface area contributed by atoms with Gasteiger partial charge in [-0.1, -0.05) is 29.8 Å². The molecular weight excluding hydrogens is 574 g/mol. The van der Waals surface area contributed by atoms with Crippen LogP contribution in [0.4, 0.5) is 4.79 Å². The number of carbonyl (C=O) groups is 4. The number of hydrogen-bond donors (Lipinski definition) is 3. The number of nitrogens with zero attached hydrogens (tertiary/aromatic N) is 3. The summed E-state index contributed by atoms with van der Waals surface area (Å²) in [6.07, 6.45) is 2.92. The van der Waals surface area contributed by atoms with Crippen LogP contribution in [0.1, 0.15) is 66.3 Å². The molecule has 3 heterocycles. The fourth-order valence-corrected chi connectivity index (χ4v) is 5.33. The molecule has 12 heteroatoms. The minimum atomic E-state index is -1.24. The number of aliphatic carboxylic acids is 1. The largest absolute Gasteiger partial charge is 0.487 e. The van der Waals surface area contributed by atoms with E-state index in [0.717, 1.165) is 11.1 Å². The first-order chi connectivity index (χ1) is 20.4. The van der Waals surface area contributed by atoms with Gasteiger partial charge in [0.05, 0.1) is 11.6 Å². The third-order valence-electron chi connectivity index (χ3n) is 7.03. The second-order valence-electron chi connectivity index (χ2n) is 11.4. The molecule has 1 fully saturated rings. The van der Waals surface area contributed by atoms with Crippen molar-refractivity contribution in [3.63, 3.8) is 0 Å². The molecule has 2 aliphatic heterocycles. The molecule has 1 aromatic heterocycles. The number of Topliss-reactive ketones (excluding diaryl/α,β-unsaturated/α-hetero) is 1. The number of ketones is 1. The summed E-state index contributed by atoms with van der Waals surface area (Å²) in [4.78, 5) is 61.8. The van der Waals surface area contributed by atoms with Gasteiger partial charge in [0.1, 0.15) is 36.2 Å². The van der Waals surface area contributed by atoms with Crippen molar-refractivity contribution in [3.8, 4) is 5.75 Å². The molecule has 1 saturated heterocycles. The number of piperazine rings is 1. The van der Waals surface area contributed by atoms with Gasteiger partial charge in [0.15, 0.2) is 5.78 Å². The van der Waals surface area contributed by atoms with Gasteiger partial charge in [-0.25, -0.2) is 4.79 Å². The molecule has 0 spiro atoms. The molecule has 0 saturated carbocycles. The first-order valence-corrected chi connectivity index (χ1v) is 14.2. The number of H-pyrrole nitrogens is 1. The fourth-order valence-electron chi connectivity index (χ4n) is 5.20. The Morgan fingerprint density at radius 1 is 1.09 bits per heavy atom. The third-order valence-corrected chi connectivity index (χ3v) is 7.28. The lowest BCUT2D eigenvalue weighted by Crippen LogP contribution is -2.55. The van der Waals surface area contributed by atoms with E-state index in [1.165, 1.54) is 17.0 Å². The quantitative estimate of drug-likeness (QED) is 0.265. The number of carbonyl (C=O) groups excluding carboxylic acids is 3. The van der Waals surface area contributed by atoms with E-state index in [2.05, 4.69) is 10.3 Å². The Bertz CT molecular complexity index is 1580. The Morgan fingerprint density at radius 2 is 1.84 bits per heavy atom. The smallest absolute Gasteiger partial charge is 0.326 e. The molecule has 3 aromatic rings. The number of ether oxygens (including phenoxy) is 1. The van der Waals surface area contributed by atoms with Crippen molar-refractivity contribution in [2.45, 2.75) is 44.9 Å². The Kier molecular flexibility index (Phi) is 8.27. The maximum absolute atomic E-state index is 14.4. The monoisotopic (exact) mass is 605 g/mol. The molecule has 0 radical (unpaired) electrons. The number of halogens is 1. The van der Waals surface area contributed by atoms with E-state index in [-0.39, 0.29) is 23.8 Å². The van der Waals surface area contributed by atoms with Gasteiger partial charge in [-0.05, 0) is 62.2 Å². The summed E-state index contributed by atoms with van der Waals surface area (Å²) in [6.45, 7) is 6.04. The maximum Gasteiger partial charge on any atom is 0.326 e. The highest BCUT2D eigenvalue weighted by atomic mass is 35.5. The zero-order valence-corrected chi connectivity index (χ0v) is 24.7. The first-order valence-electron chi connectivity index (χ1n) is 13.8. The van der Waals surface area contributed by atoms with Gasteiger partial charge in [-0.2, -0.15) is 0 Å². The lowest BCUT2D eigenvalue weighted by Gasteiger charge is -2.36. The second kappa shape index (κ2) is 11.9. The van der Waals surface area contributed by atoms with Crippen LogP contribution in [-0.4, -0.2) is 74.7 Å². The van der Waals surface area contributed by atoms with E-state index >= 15 is 0 Å². The summed E-state index contributed by atoms with van der Waals surface area (Å²) in [7, 11) is 0. The number of benzene rings is 2. The molecule has 2 unspecified atom stereocenters. The first kappa shape index (κ1) is 29.8. The molecule has 3 amide bonds. The van der Waals surface area contributed by atoms with Crippen molar-refractivity contribution >= 4 is 41.1 Å². The molecular formula is C31H32ClN5O6. The summed E-state index contributed by atoms with van der Waals surface area (Å²) in [6, 6.07) is 12.1. The predicted octanol–water partition coefficient (Wildman–Crippen LogP) is 4.60. The summed E-state index contributed by atoms with van der Waals surface area (Å²) < 4.78 is 6.29. The number of aromatic amines is 1. The maximum atomic E-state index is 14.4. The van der Waals surface area contributed by atoms with Crippen LogP contribution in [-0.2, 0) is 9.59 Å². The van der Waals surface area contributed by atoms with Gasteiger partial charge >= 0.3 is 12.0 Å². The van der Waals surface area contributed by atoms with Gasteiger partial charge in [0.25, 0.3) is 0 Å².